The number of hydrogen-bond acceptors (Lipinski definition) is 2. The third kappa shape index (κ3) is 4.04. The fourth-order valence-corrected chi connectivity index (χ4v) is 1.84. The van der Waals surface area contributed by atoms with E-state index in [1.807, 2.05) is 6.07 Å². The molecule has 2 rings (SSSR count). The molecule has 0 spiro atoms. The van der Waals surface area contributed by atoms with Gasteiger partial charge in [-0.05, 0) is 43.4 Å². The van der Waals surface area contributed by atoms with E-state index >= 15 is 0 Å². The molecule has 0 heterocycles. The summed E-state index contributed by atoms with van der Waals surface area (Å²) in [6.45, 7) is 7.47. The van der Waals surface area contributed by atoms with Crippen molar-refractivity contribution in [2.45, 2.75) is 51.7 Å². The normalized spacial score (nSPS) is 17.2. The smallest absolute Gasteiger partial charge is 0.120 e. The minimum atomic E-state index is 0.234. The Morgan fingerprint density at radius 2 is 2.06 bits per heavy atom. The van der Waals surface area contributed by atoms with E-state index in [2.05, 4.69) is 44.3 Å². The van der Waals surface area contributed by atoms with E-state index in [9.17, 15) is 0 Å². The molecule has 2 heteroatoms. The largest absolute Gasteiger partial charge is 0.489 e. The first kappa shape index (κ1) is 12.4. The summed E-state index contributed by atoms with van der Waals surface area (Å²) >= 11 is 0. The summed E-state index contributed by atoms with van der Waals surface area (Å²) in [5.74, 6) is 1.54. The molecule has 1 unspecified atom stereocenters. The molecule has 0 bridgehead atoms. The van der Waals surface area contributed by atoms with Crippen molar-refractivity contribution in [3.8, 4) is 5.75 Å². The van der Waals surface area contributed by atoms with E-state index in [1.165, 1.54) is 18.4 Å². The second-order valence-electron chi connectivity index (χ2n) is 5.34. The minimum Gasteiger partial charge on any atom is -0.489 e. The number of hydrogen-bond donors (Lipinski definition) is 1. The molecule has 0 aliphatic heterocycles. The van der Waals surface area contributed by atoms with Crippen LogP contribution in [0.4, 0.5) is 0 Å². The zero-order chi connectivity index (χ0) is 12.3. The Labute approximate surface area is 104 Å². The average molecular weight is 233 g/mol. The fraction of sp³-hybridized carbons (Fsp3) is 0.600. The molecule has 0 aromatic heterocycles. The second kappa shape index (κ2) is 5.54. The van der Waals surface area contributed by atoms with Crippen molar-refractivity contribution >= 4 is 0 Å². The minimum absolute atomic E-state index is 0.234. The third-order valence-electron chi connectivity index (χ3n) is 3.13. The van der Waals surface area contributed by atoms with E-state index in [0.29, 0.717) is 5.92 Å². The van der Waals surface area contributed by atoms with Crippen LogP contribution in [0.2, 0.25) is 0 Å². The molecule has 17 heavy (non-hydrogen) atoms. The molecular weight excluding hydrogens is 210 g/mol. The summed E-state index contributed by atoms with van der Waals surface area (Å²) in [6, 6.07) is 9.18. The molecule has 0 amide bonds. The lowest BCUT2D eigenvalue weighted by Gasteiger charge is -2.16. The Balaban J connectivity index is 1.85. The van der Waals surface area contributed by atoms with E-state index in [4.69, 9.17) is 4.74 Å². The maximum atomic E-state index is 5.92. The Bertz CT molecular complexity index is 358. The summed E-state index contributed by atoms with van der Waals surface area (Å²) in [6.07, 6.45) is 2.89. The number of benzene rings is 1. The lowest BCUT2D eigenvalue weighted by Crippen LogP contribution is -2.30. The van der Waals surface area contributed by atoms with Gasteiger partial charge in [0, 0.05) is 12.6 Å². The van der Waals surface area contributed by atoms with E-state index in [0.717, 1.165) is 18.3 Å². The highest BCUT2D eigenvalue weighted by atomic mass is 16.5. The summed E-state index contributed by atoms with van der Waals surface area (Å²) in [7, 11) is 0. The number of nitrogens with one attached hydrogen (secondary N) is 1. The first-order chi connectivity index (χ1) is 8.15. The van der Waals surface area contributed by atoms with Gasteiger partial charge in [-0.2, -0.15) is 0 Å². The highest BCUT2D eigenvalue weighted by molar-refractivity contribution is 5.30. The molecule has 1 aliphatic rings. The van der Waals surface area contributed by atoms with Gasteiger partial charge in [-0.1, -0.05) is 26.0 Å². The molecule has 0 saturated heterocycles. The monoisotopic (exact) mass is 233 g/mol. The quantitative estimate of drug-likeness (QED) is 0.813. The molecule has 1 N–H and O–H groups in total. The summed E-state index contributed by atoms with van der Waals surface area (Å²) < 4.78 is 5.92. The first-order valence-electron chi connectivity index (χ1n) is 6.65. The Morgan fingerprint density at radius 3 is 2.71 bits per heavy atom. The highest BCUT2D eigenvalue weighted by Crippen LogP contribution is 2.21. The summed E-state index contributed by atoms with van der Waals surface area (Å²) in [5, 5.41) is 3.49. The van der Waals surface area contributed by atoms with Crippen molar-refractivity contribution in [3.63, 3.8) is 0 Å². The first-order valence-corrected chi connectivity index (χ1v) is 6.65. The Morgan fingerprint density at radius 1 is 1.29 bits per heavy atom. The van der Waals surface area contributed by atoms with Crippen LogP contribution < -0.4 is 10.1 Å². The van der Waals surface area contributed by atoms with Gasteiger partial charge >= 0.3 is 0 Å². The van der Waals surface area contributed by atoms with Crippen LogP contribution in [0.15, 0.2) is 24.3 Å². The van der Waals surface area contributed by atoms with E-state index in [1.54, 1.807) is 0 Å². The van der Waals surface area contributed by atoms with Crippen molar-refractivity contribution in [2.75, 3.05) is 6.54 Å². The van der Waals surface area contributed by atoms with Crippen LogP contribution in [0.3, 0.4) is 0 Å². The standard InChI is InChI=1S/C15H23NO/c1-11(2)13-5-4-6-15(9-13)17-12(3)10-16-14-7-8-14/h4-6,9,11-12,14,16H,7-8,10H2,1-3H3. The lowest BCUT2D eigenvalue weighted by molar-refractivity contribution is 0.216. The van der Waals surface area contributed by atoms with Crippen LogP contribution in [-0.2, 0) is 0 Å². The third-order valence-corrected chi connectivity index (χ3v) is 3.13. The van der Waals surface area contributed by atoms with Gasteiger partial charge in [-0.3, -0.25) is 0 Å². The van der Waals surface area contributed by atoms with Crippen LogP contribution in [-0.4, -0.2) is 18.7 Å². The molecule has 1 aromatic rings. The predicted molar refractivity (Wildman–Crippen MR) is 71.6 cm³/mol. The Hall–Kier alpha value is -1.02. The van der Waals surface area contributed by atoms with E-state index < -0.39 is 0 Å². The van der Waals surface area contributed by atoms with Crippen molar-refractivity contribution < 1.29 is 4.74 Å². The average Bonchev–Trinajstić information content (AvgIpc) is 3.10. The van der Waals surface area contributed by atoms with Crippen LogP contribution in [0.5, 0.6) is 5.75 Å². The lowest BCUT2D eigenvalue weighted by atomic mass is 10.0. The topological polar surface area (TPSA) is 21.3 Å². The van der Waals surface area contributed by atoms with Crippen molar-refractivity contribution in [3.05, 3.63) is 29.8 Å². The van der Waals surface area contributed by atoms with Crippen LogP contribution in [0, 0.1) is 0 Å². The van der Waals surface area contributed by atoms with Gasteiger partial charge < -0.3 is 10.1 Å². The second-order valence-corrected chi connectivity index (χ2v) is 5.34. The van der Waals surface area contributed by atoms with Gasteiger partial charge in [0.1, 0.15) is 11.9 Å². The van der Waals surface area contributed by atoms with Crippen molar-refractivity contribution in [1.29, 1.82) is 0 Å². The van der Waals surface area contributed by atoms with Gasteiger partial charge in [-0.15, -0.1) is 0 Å². The fourth-order valence-electron chi connectivity index (χ4n) is 1.84. The zero-order valence-electron chi connectivity index (χ0n) is 11.1. The highest BCUT2D eigenvalue weighted by Gasteiger charge is 2.21. The summed E-state index contributed by atoms with van der Waals surface area (Å²) in [4.78, 5) is 0. The van der Waals surface area contributed by atoms with Crippen molar-refractivity contribution in [1.82, 2.24) is 5.32 Å². The van der Waals surface area contributed by atoms with Gasteiger partial charge in [0.15, 0.2) is 0 Å². The van der Waals surface area contributed by atoms with E-state index in [-0.39, 0.29) is 6.10 Å². The molecule has 0 radical (unpaired) electrons. The van der Waals surface area contributed by atoms with Crippen LogP contribution >= 0.6 is 0 Å². The van der Waals surface area contributed by atoms with Crippen LogP contribution in [0.25, 0.3) is 0 Å². The molecule has 1 fully saturated rings. The van der Waals surface area contributed by atoms with Gasteiger partial charge in [0.2, 0.25) is 0 Å². The molecule has 1 atom stereocenters. The van der Waals surface area contributed by atoms with Gasteiger partial charge in [-0.25, -0.2) is 0 Å². The molecule has 1 saturated carbocycles. The van der Waals surface area contributed by atoms with Gasteiger partial charge in [0.25, 0.3) is 0 Å². The van der Waals surface area contributed by atoms with Crippen LogP contribution in [0.1, 0.15) is 45.1 Å². The van der Waals surface area contributed by atoms with Gasteiger partial charge in [0.05, 0.1) is 0 Å². The SMILES string of the molecule is CC(CNC1CC1)Oc1cccc(C(C)C)c1. The maximum absolute atomic E-state index is 5.92. The molecule has 1 aromatic carbocycles. The molecule has 2 nitrogen and oxygen atoms in total. The number of ether oxygens (including phenoxy) is 1. The van der Waals surface area contributed by atoms with Crippen molar-refractivity contribution in [2.24, 2.45) is 0 Å². The maximum Gasteiger partial charge on any atom is 0.120 e. The predicted octanol–water partition coefficient (Wildman–Crippen LogP) is 3.33. The molecular formula is C15H23NO. The summed E-state index contributed by atoms with van der Waals surface area (Å²) in [5.41, 5.74) is 1.34. The zero-order valence-corrected chi connectivity index (χ0v) is 11.1. The Kier molecular flexibility index (Phi) is 4.06. The molecule has 94 valence electrons. The number of rotatable bonds is 6. The molecule has 1 aliphatic carbocycles.